The molecule has 2 unspecified atom stereocenters. The zero-order valence-electron chi connectivity index (χ0n) is 10.5. The number of hydrogen-bond donors (Lipinski definition) is 1. The molecular formula is C13H21N3. The van der Waals surface area contributed by atoms with E-state index in [-0.39, 0.29) is 5.41 Å². The lowest BCUT2D eigenvalue weighted by Crippen LogP contribution is -2.29. The Balaban J connectivity index is 2.00. The van der Waals surface area contributed by atoms with Crippen LogP contribution in [0.25, 0.3) is 0 Å². The first-order valence-electron chi connectivity index (χ1n) is 6.39. The molecule has 3 rings (SSSR count). The van der Waals surface area contributed by atoms with Crippen molar-refractivity contribution in [3.8, 4) is 0 Å². The van der Waals surface area contributed by atoms with Gasteiger partial charge in [0, 0.05) is 18.0 Å². The summed E-state index contributed by atoms with van der Waals surface area (Å²) in [4.78, 5) is 0. The zero-order valence-corrected chi connectivity index (χ0v) is 10.5. The molecule has 88 valence electrons. The van der Waals surface area contributed by atoms with Gasteiger partial charge in [-0.2, -0.15) is 5.10 Å². The predicted molar refractivity (Wildman–Crippen MR) is 65.8 cm³/mol. The van der Waals surface area contributed by atoms with Crippen molar-refractivity contribution in [2.75, 3.05) is 11.9 Å². The number of hydrogen-bond acceptors (Lipinski definition) is 2. The molecule has 0 amide bonds. The van der Waals surface area contributed by atoms with E-state index in [0.29, 0.717) is 6.04 Å². The first-order chi connectivity index (χ1) is 7.55. The second-order valence-electron chi connectivity index (χ2n) is 6.25. The third-order valence-corrected chi connectivity index (χ3v) is 3.98. The maximum Gasteiger partial charge on any atom is 0.124 e. The summed E-state index contributed by atoms with van der Waals surface area (Å²) in [6.45, 7) is 7.83. The number of nitrogens with one attached hydrogen (secondary N) is 1. The van der Waals surface area contributed by atoms with E-state index in [1.54, 1.807) is 0 Å². The van der Waals surface area contributed by atoms with Crippen molar-refractivity contribution < 1.29 is 0 Å². The van der Waals surface area contributed by atoms with Crippen LogP contribution in [0, 0.1) is 5.92 Å². The fraction of sp³-hybridized carbons (Fsp3) is 0.769. The van der Waals surface area contributed by atoms with Crippen LogP contribution in [0.3, 0.4) is 0 Å². The largest absolute Gasteiger partial charge is 0.370 e. The Hall–Kier alpha value is -0.990. The van der Waals surface area contributed by atoms with Crippen molar-refractivity contribution >= 4 is 5.82 Å². The van der Waals surface area contributed by atoms with E-state index in [1.807, 2.05) is 0 Å². The normalized spacial score (nSPS) is 28.4. The van der Waals surface area contributed by atoms with E-state index in [4.69, 9.17) is 5.10 Å². The van der Waals surface area contributed by atoms with Gasteiger partial charge in [0.15, 0.2) is 0 Å². The average Bonchev–Trinajstić information content (AvgIpc) is 2.81. The Kier molecular flexibility index (Phi) is 2.07. The monoisotopic (exact) mass is 219 g/mol. The van der Waals surface area contributed by atoms with Gasteiger partial charge in [0.05, 0.1) is 11.7 Å². The van der Waals surface area contributed by atoms with E-state index < -0.39 is 0 Å². The average molecular weight is 219 g/mol. The summed E-state index contributed by atoms with van der Waals surface area (Å²) in [5.74, 6) is 2.04. The van der Waals surface area contributed by atoms with E-state index in [0.717, 1.165) is 12.5 Å². The molecule has 1 N–H and O–H groups in total. The van der Waals surface area contributed by atoms with Crippen LogP contribution in [-0.4, -0.2) is 16.3 Å². The quantitative estimate of drug-likeness (QED) is 0.727. The summed E-state index contributed by atoms with van der Waals surface area (Å²) >= 11 is 0. The maximum absolute atomic E-state index is 4.82. The second kappa shape index (κ2) is 3.25. The number of anilines is 1. The number of rotatable bonds is 0. The van der Waals surface area contributed by atoms with Gasteiger partial charge in [0.2, 0.25) is 0 Å². The molecule has 1 aromatic rings. The second-order valence-corrected chi connectivity index (χ2v) is 6.25. The van der Waals surface area contributed by atoms with Crippen molar-refractivity contribution in [3.05, 3.63) is 11.8 Å². The van der Waals surface area contributed by atoms with Crippen molar-refractivity contribution in [3.63, 3.8) is 0 Å². The first kappa shape index (κ1) is 10.2. The third kappa shape index (κ3) is 1.45. The van der Waals surface area contributed by atoms with Crippen LogP contribution < -0.4 is 5.32 Å². The van der Waals surface area contributed by atoms with Gasteiger partial charge in [-0.25, -0.2) is 4.68 Å². The van der Waals surface area contributed by atoms with Gasteiger partial charge in [-0.3, -0.25) is 0 Å². The molecule has 2 atom stereocenters. The van der Waals surface area contributed by atoms with E-state index in [1.165, 1.54) is 30.8 Å². The molecule has 0 spiro atoms. The molecule has 0 saturated heterocycles. The fourth-order valence-corrected chi connectivity index (χ4v) is 2.96. The number of nitrogens with zero attached hydrogens (tertiary/aromatic N) is 2. The third-order valence-electron chi connectivity index (χ3n) is 3.98. The van der Waals surface area contributed by atoms with Crippen molar-refractivity contribution in [2.24, 2.45) is 5.92 Å². The van der Waals surface area contributed by atoms with E-state index >= 15 is 0 Å². The predicted octanol–water partition coefficient (Wildman–Crippen LogP) is 2.95. The summed E-state index contributed by atoms with van der Waals surface area (Å²) in [7, 11) is 0. The standard InChI is InChI=1S/C13H21N3/c1-13(2,3)11-7-12-14-8-9-5-4-6-10(9)16(12)15-11/h7,9-10,14H,4-6,8H2,1-3H3. The summed E-state index contributed by atoms with van der Waals surface area (Å²) in [5, 5.41) is 8.35. The molecule has 1 aromatic heterocycles. The molecule has 3 nitrogen and oxygen atoms in total. The molecule has 3 heteroatoms. The lowest BCUT2D eigenvalue weighted by Gasteiger charge is -2.28. The van der Waals surface area contributed by atoms with Gasteiger partial charge in [0.25, 0.3) is 0 Å². The highest BCUT2D eigenvalue weighted by molar-refractivity contribution is 5.41. The molecule has 0 bridgehead atoms. The molecule has 2 aliphatic rings. The number of aromatic nitrogens is 2. The Morgan fingerprint density at radius 1 is 1.38 bits per heavy atom. The van der Waals surface area contributed by atoms with Crippen LogP contribution in [0.15, 0.2) is 6.07 Å². The highest BCUT2D eigenvalue weighted by Crippen LogP contribution is 2.41. The van der Waals surface area contributed by atoms with Crippen LogP contribution in [-0.2, 0) is 5.41 Å². The van der Waals surface area contributed by atoms with Crippen LogP contribution in [0.4, 0.5) is 5.82 Å². The van der Waals surface area contributed by atoms with Gasteiger partial charge in [0.1, 0.15) is 5.82 Å². The Morgan fingerprint density at radius 2 is 2.19 bits per heavy atom. The lowest BCUT2D eigenvalue weighted by molar-refractivity contribution is 0.342. The van der Waals surface area contributed by atoms with Crippen molar-refractivity contribution in [1.29, 1.82) is 0 Å². The minimum absolute atomic E-state index is 0.153. The maximum atomic E-state index is 4.82. The molecule has 2 heterocycles. The highest BCUT2D eigenvalue weighted by atomic mass is 15.4. The topological polar surface area (TPSA) is 29.9 Å². The molecule has 1 saturated carbocycles. The summed E-state index contributed by atoms with van der Waals surface area (Å²) < 4.78 is 2.25. The van der Waals surface area contributed by atoms with Gasteiger partial charge >= 0.3 is 0 Å². The van der Waals surface area contributed by atoms with Gasteiger partial charge in [-0.1, -0.05) is 27.2 Å². The minimum Gasteiger partial charge on any atom is -0.370 e. The summed E-state index contributed by atoms with van der Waals surface area (Å²) in [5.41, 5.74) is 1.36. The Bertz CT molecular complexity index is 400. The highest BCUT2D eigenvalue weighted by Gasteiger charge is 2.35. The SMILES string of the molecule is CC(C)(C)c1cc2n(n1)C1CCCC1CN2. The van der Waals surface area contributed by atoms with Crippen LogP contribution >= 0.6 is 0 Å². The molecule has 1 aliphatic carbocycles. The van der Waals surface area contributed by atoms with Gasteiger partial charge in [-0.05, 0) is 18.8 Å². The smallest absolute Gasteiger partial charge is 0.124 e. The summed E-state index contributed by atoms with van der Waals surface area (Å²) in [6, 6.07) is 2.89. The molecular weight excluding hydrogens is 198 g/mol. The van der Waals surface area contributed by atoms with E-state index in [2.05, 4.69) is 36.8 Å². The summed E-state index contributed by atoms with van der Waals surface area (Å²) in [6.07, 6.45) is 4.04. The Labute approximate surface area is 97.2 Å². The van der Waals surface area contributed by atoms with E-state index in [9.17, 15) is 0 Å². The zero-order chi connectivity index (χ0) is 11.3. The van der Waals surface area contributed by atoms with Crippen molar-refractivity contribution in [1.82, 2.24) is 9.78 Å². The van der Waals surface area contributed by atoms with Crippen LogP contribution in [0.2, 0.25) is 0 Å². The first-order valence-corrected chi connectivity index (χ1v) is 6.39. The van der Waals surface area contributed by atoms with Crippen molar-refractivity contribution in [2.45, 2.75) is 51.5 Å². The van der Waals surface area contributed by atoms with Gasteiger partial charge < -0.3 is 5.32 Å². The molecule has 1 fully saturated rings. The molecule has 0 radical (unpaired) electrons. The van der Waals surface area contributed by atoms with Crippen LogP contribution in [0.5, 0.6) is 0 Å². The molecule has 16 heavy (non-hydrogen) atoms. The Morgan fingerprint density at radius 3 is 2.94 bits per heavy atom. The minimum atomic E-state index is 0.153. The van der Waals surface area contributed by atoms with Gasteiger partial charge in [-0.15, -0.1) is 0 Å². The number of fused-ring (bicyclic) bond motifs is 3. The lowest BCUT2D eigenvalue weighted by atomic mass is 9.92. The fourth-order valence-electron chi connectivity index (χ4n) is 2.96. The molecule has 1 aliphatic heterocycles. The molecule has 0 aromatic carbocycles. The van der Waals surface area contributed by atoms with Crippen LogP contribution in [0.1, 0.15) is 51.8 Å².